The number of hydrogen-bond donors (Lipinski definition) is 1. The summed E-state index contributed by atoms with van der Waals surface area (Å²) in [4.78, 5) is 22.6. The first-order chi connectivity index (χ1) is 10.1. The highest BCUT2D eigenvalue weighted by Gasteiger charge is 2.08. The lowest BCUT2D eigenvalue weighted by molar-refractivity contribution is 0.281. The SMILES string of the molecule is O=c1[nH]c(OCc2cccc(Cl)c2Cl)nc2cnccc12. The van der Waals surface area contributed by atoms with Crippen molar-refractivity contribution < 1.29 is 4.74 Å². The fourth-order valence-electron chi connectivity index (χ4n) is 1.84. The van der Waals surface area contributed by atoms with E-state index in [1.807, 2.05) is 0 Å². The average molecular weight is 322 g/mol. The molecule has 0 fully saturated rings. The zero-order chi connectivity index (χ0) is 14.8. The first kappa shape index (κ1) is 13.9. The molecule has 2 heterocycles. The molecule has 2 aromatic heterocycles. The third kappa shape index (κ3) is 2.84. The van der Waals surface area contributed by atoms with E-state index in [2.05, 4.69) is 15.0 Å². The molecule has 1 aromatic carbocycles. The highest BCUT2D eigenvalue weighted by atomic mass is 35.5. The predicted octanol–water partition coefficient (Wildman–Crippen LogP) is 3.20. The number of H-pyrrole nitrogens is 1. The average Bonchev–Trinajstić information content (AvgIpc) is 2.49. The molecule has 0 atom stereocenters. The smallest absolute Gasteiger partial charge is 0.297 e. The van der Waals surface area contributed by atoms with Crippen LogP contribution in [-0.4, -0.2) is 15.0 Å². The second-order valence-electron chi connectivity index (χ2n) is 4.27. The van der Waals surface area contributed by atoms with Gasteiger partial charge in [-0.1, -0.05) is 35.3 Å². The Balaban J connectivity index is 1.89. The molecule has 106 valence electrons. The molecule has 21 heavy (non-hydrogen) atoms. The lowest BCUT2D eigenvalue weighted by Gasteiger charge is -2.08. The van der Waals surface area contributed by atoms with Crippen LogP contribution in [0.2, 0.25) is 10.0 Å². The largest absolute Gasteiger partial charge is 0.460 e. The van der Waals surface area contributed by atoms with Gasteiger partial charge in [0, 0.05) is 11.8 Å². The van der Waals surface area contributed by atoms with Crippen LogP contribution in [0.25, 0.3) is 10.9 Å². The Morgan fingerprint density at radius 3 is 2.95 bits per heavy atom. The molecule has 7 heteroatoms. The van der Waals surface area contributed by atoms with Gasteiger partial charge in [0.05, 0.1) is 27.1 Å². The van der Waals surface area contributed by atoms with E-state index in [4.69, 9.17) is 27.9 Å². The summed E-state index contributed by atoms with van der Waals surface area (Å²) in [6.45, 7) is 0.147. The number of benzene rings is 1. The molecule has 0 aliphatic heterocycles. The van der Waals surface area contributed by atoms with Crippen molar-refractivity contribution in [2.45, 2.75) is 6.61 Å². The maximum absolute atomic E-state index is 11.9. The van der Waals surface area contributed by atoms with E-state index >= 15 is 0 Å². The Labute approximate surface area is 129 Å². The first-order valence-electron chi connectivity index (χ1n) is 6.05. The van der Waals surface area contributed by atoms with Gasteiger partial charge in [0.2, 0.25) is 0 Å². The molecule has 0 bridgehead atoms. The number of pyridine rings is 1. The summed E-state index contributed by atoms with van der Waals surface area (Å²) in [5.74, 6) is 0. The predicted molar refractivity (Wildman–Crippen MR) is 81.0 cm³/mol. The van der Waals surface area contributed by atoms with Crippen LogP contribution >= 0.6 is 23.2 Å². The molecule has 0 saturated carbocycles. The highest BCUT2D eigenvalue weighted by Crippen LogP contribution is 2.26. The molecule has 0 spiro atoms. The normalized spacial score (nSPS) is 10.8. The van der Waals surface area contributed by atoms with Gasteiger partial charge in [0.25, 0.3) is 11.6 Å². The number of aromatic nitrogens is 3. The van der Waals surface area contributed by atoms with Crippen molar-refractivity contribution in [2.75, 3.05) is 0 Å². The monoisotopic (exact) mass is 321 g/mol. The maximum atomic E-state index is 11.9. The van der Waals surface area contributed by atoms with Crippen LogP contribution in [-0.2, 0) is 6.61 Å². The van der Waals surface area contributed by atoms with Crippen LogP contribution in [0.1, 0.15) is 5.56 Å². The standard InChI is InChI=1S/C14H9Cl2N3O2/c15-10-3-1-2-8(12(10)16)7-21-14-18-11-6-17-5-4-9(11)13(20)19-14/h1-6H,7H2,(H,18,19,20). The van der Waals surface area contributed by atoms with Gasteiger partial charge in [-0.25, -0.2) is 0 Å². The van der Waals surface area contributed by atoms with E-state index in [0.717, 1.165) is 0 Å². The number of halogens is 2. The third-order valence-corrected chi connectivity index (χ3v) is 3.74. The van der Waals surface area contributed by atoms with Crippen LogP contribution in [0.15, 0.2) is 41.5 Å². The van der Waals surface area contributed by atoms with Gasteiger partial charge in [-0.15, -0.1) is 0 Å². The van der Waals surface area contributed by atoms with Gasteiger partial charge in [-0.05, 0) is 12.1 Å². The van der Waals surface area contributed by atoms with Crippen LogP contribution in [0, 0.1) is 0 Å². The fourth-order valence-corrected chi connectivity index (χ4v) is 2.22. The molecule has 0 aliphatic carbocycles. The van der Waals surface area contributed by atoms with E-state index in [-0.39, 0.29) is 18.2 Å². The molecule has 5 nitrogen and oxygen atoms in total. The van der Waals surface area contributed by atoms with Crippen molar-refractivity contribution in [1.29, 1.82) is 0 Å². The summed E-state index contributed by atoms with van der Waals surface area (Å²) in [6, 6.07) is 6.95. The van der Waals surface area contributed by atoms with Crippen LogP contribution in [0.3, 0.4) is 0 Å². The van der Waals surface area contributed by atoms with E-state index in [1.54, 1.807) is 24.3 Å². The Morgan fingerprint density at radius 1 is 1.24 bits per heavy atom. The number of rotatable bonds is 3. The number of nitrogens with one attached hydrogen (secondary N) is 1. The lowest BCUT2D eigenvalue weighted by Crippen LogP contribution is -2.11. The van der Waals surface area contributed by atoms with Crippen LogP contribution in [0.4, 0.5) is 0 Å². The second-order valence-corrected chi connectivity index (χ2v) is 5.05. The van der Waals surface area contributed by atoms with Crippen molar-refractivity contribution in [1.82, 2.24) is 15.0 Å². The van der Waals surface area contributed by atoms with Gasteiger partial charge >= 0.3 is 0 Å². The van der Waals surface area contributed by atoms with Crippen LogP contribution < -0.4 is 10.3 Å². The van der Waals surface area contributed by atoms with Crippen molar-refractivity contribution in [3.8, 4) is 6.01 Å². The van der Waals surface area contributed by atoms with Gasteiger partial charge in [-0.2, -0.15) is 4.98 Å². The quantitative estimate of drug-likeness (QED) is 0.804. The van der Waals surface area contributed by atoms with Crippen molar-refractivity contribution in [3.63, 3.8) is 0 Å². The maximum Gasteiger partial charge on any atom is 0.297 e. The molecule has 0 aliphatic rings. The molecule has 1 N–H and O–H groups in total. The van der Waals surface area contributed by atoms with Crippen LogP contribution in [0.5, 0.6) is 6.01 Å². The molecule has 0 unspecified atom stereocenters. The van der Waals surface area contributed by atoms with Gasteiger partial charge < -0.3 is 4.74 Å². The molecule has 3 rings (SSSR count). The molecular weight excluding hydrogens is 313 g/mol. The summed E-state index contributed by atoms with van der Waals surface area (Å²) < 4.78 is 5.48. The summed E-state index contributed by atoms with van der Waals surface area (Å²) in [5.41, 5.74) is 0.890. The van der Waals surface area contributed by atoms with Crippen molar-refractivity contribution in [2.24, 2.45) is 0 Å². The van der Waals surface area contributed by atoms with E-state index in [9.17, 15) is 4.79 Å². The Bertz CT molecular complexity index is 864. The molecule has 0 saturated heterocycles. The Morgan fingerprint density at radius 2 is 2.10 bits per heavy atom. The number of nitrogens with zero attached hydrogens (tertiary/aromatic N) is 2. The first-order valence-corrected chi connectivity index (χ1v) is 6.80. The molecule has 0 amide bonds. The number of aromatic amines is 1. The second kappa shape index (κ2) is 5.71. The van der Waals surface area contributed by atoms with Crippen molar-refractivity contribution >= 4 is 34.1 Å². The summed E-state index contributed by atoms with van der Waals surface area (Å²) in [5, 5.41) is 1.32. The van der Waals surface area contributed by atoms with E-state index in [0.29, 0.717) is 26.5 Å². The van der Waals surface area contributed by atoms with Gasteiger partial charge in [0.1, 0.15) is 6.61 Å². The molecular formula is C14H9Cl2N3O2. The van der Waals surface area contributed by atoms with Gasteiger partial charge in [-0.3, -0.25) is 14.8 Å². The number of hydrogen-bond acceptors (Lipinski definition) is 4. The Kier molecular flexibility index (Phi) is 3.77. The van der Waals surface area contributed by atoms with E-state index < -0.39 is 0 Å². The number of fused-ring (bicyclic) bond motifs is 1. The minimum absolute atomic E-state index is 0.108. The van der Waals surface area contributed by atoms with Gasteiger partial charge in [0.15, 0.2) is 0 Å². The van der Waals surface area contributed by atoms with Crippen molar-refractivity contribution in [3.05, 3.63) is 62.6 Å². The third-order valence-electron chi connectivity index (χ3n) is 2.88. The van der Waals surface area contributed by atoms with E-state index in [1.165, 1.54) is 12.4 Å². The number of ether oxygens (including phenoxy) is 1. The Hall–Kier alpha value is -2.11. The fraction of sp³-hybridized carbons (Fsp3) is 0.0714. The lowest BCUT2D eigenvalue weighted by atomic mass is 10.2. The summed E-state index contributed by atoms with van der Waals surface area (Å²) in [6.07, 6.45) is 3.04. The minimum Gasteiger partial charge on any atom is -0.460 e. The molecule has 3 aromatic rings. The zero-order valence-corrected chi connectivity index (χ0v) is 12.1. The molecule has 0 radical (unpaired) electrons. The summed E-state index contributed by atoms with van der Waals surface area (Å²) >= 11 is 12.0. The summed E-state index contributed by atoms with van der Waals surface area (Å²) in [7, 11) is 0. The zero-order valence-electron chi connectivity index (χ0n) is 10.6. The minimum atomic E-state index is -0.283. The topological polar surface area (TPSA) is 67.9 Å². The highest BCUT2D eigenvalue weighted by molar-refractivity contribution is 6.42.